The molecule has 1 aromatic heterocycles. The lowest BCUT2D eigenvalue weighted by molar-refractivity contribution is 0.0872. The topological polar surface area (TPSA) is 100 Å². The maximum absolute atomic E-state index is 13.2. The number of aromatic amines is 1. The van der Waals surface area contributed by atoms with Crippen LogP contribution in [0.15, 0.2) is 74.8 Å². The van der Waals surface area contributed by atoms with Crippen LogP contribution in [0.2, 0.25) is 0 Å². The number of nitrogens with zero attached hydrogens (tertiary/aromatic N) is 1. The molecule has 3 aromatic carbocycles. The fraction of sp³-hybridized carbons (Fsp3) is 0.217. The second-order valence-electron chi connectivity index (χ2n) is 7.80. The molecule has 1 aliphatic heterocycles. The third-order valence-corrected chi connectivity index (χ3v) is 7.68. The van der Waals surface area contributed by atoms with E-state index in [1.807, 2.05) is 36.4 Å². The predicted octanol–water partition coefficient (Wildman–Crippen LogP) is 3.56. The zero-order chi connectivity index (χ0) is 21.6. The van der Waals surface area contributed by atoms with Gasteiger partial charge in [0.15, 0.2) is 11.4 Å². The minimum Gasteiger partial charge on any atom is -0.408 e. The van der Waals surface area contributed by atoms with Gasteiger partial charge in [-0.3, -0.25) is 9.78 Å². The SMILES string of the molecule is O=C(c1ccc2ccccc2c1)[C@@H]1CCCN(S(=O)(=O)c2ccc3oc(=O)[nH]c3c2)C1. The molecule has 31 heavy (non-hydrogen) atoms. The molecule has 5 rings (SSSR count). The summed E-state index contributed by atoms with van der Waals surface area (Å²) in [7, 11) is -3.81. The van der Waals surface area contributed by atoms with Gasteiger partial charge in [-0.2, -0.15) is 4.31 Å². The first kappa shape index (κ1) is 19.7. The molecular weight excluding hydrogens is 416 g/mol. The average Bonchev–Trinajstić information content (AvgIpc) is 3.17. The third-order valence-electron chi connectivity index (χ3n) is 5.82. The standard InChI is InChI=1S/C23H20N2O5S/c26-22(17-8-7-15-4-1-2-5-16(15)12-17)18-6-3-11-25(14-18)31(28,29)19-9-10-21-20(13-19)24-23(27)30-21/h1-2,4-5,7-10,12-13,18H,3,6,11,14H2,(H,24,27)/t18-/m1/s1. The zero-order valence-corrected chi connectivity index (χ0v) is 17.4. The molecule has 4 aromatic rings. The number of aromatic nitrogens is 1. The number of carbonyl (C=O) groups excluding carboxylic acids is 1. The van der Waals surface area contributed by atoms with Crippen LogP contribution in [-0.2, 0) is 10.0 Å². The fourth-order valence-corrected chi connectivity index (χ4v) is 5.74. The Morgan fingerprint density at radius 3 is 2.68 bits per heavy atom. The molecule has 0 spiro atoms. The lowest BCUT2D eigenvalue weighted by Crippen LogP contribution is -2.42. The highest BCUT2D eigenvalue weighted by Crippen LogP contribution is 2.28. The molecule has 1 saturated heterocycles. The van der Waals surface area contributed by atoms with Crippen LogP contribution in [0, 0.1) is 5.92 Å². The van der Waals surface area contributed by atoms with Crippen molar-refractivity contribution in [1.29, 1.82) is 0 Å². The van der Waals surface area contributed by atoms with Gasteiger partial charge in [0.1, 0.15) is 0 Å². The van der Waals surface area contributed by atoms with E-state index in [2.05, 4.69) is 4.98 Å². The van der Waals surface area contributed by atoms with Gasteiger partial charge in [-0.15, -0.1) is 0 Å². The maximum Gasteiger partial charge on any atom is 0.417 e. The van der Waals surface area contributed by atoms with Gasteiger partial charge in [-0.1, -0.05) is 36.4 Å². The van der Waals surface area contributed by atoms with Crippen LogP contribution in [-0.4, -0.2) is 36.6 Å². The van der Waals surface area contributed by atoms with Gasteiger partial charge in [0.05, 0.1) is 10.4 Å². The molecule has 1 fully saturated rings. The molecule has 2 heterocycles. The number of piperidine rings is 1. The van der Waals surface area contributed by atoms with E-state index in [9.17, 15) is 18.0 Å². The van der Waals surface area contributed by atoms with Crippen LogP contribution in [0.3, 0.4) is 0 Å². The number of hydrogen-bond donors (Lipinski definition) is 1. The van der Waals surface area contributed by atoms with E-state index in [4.69, 9.17) is 4.42 Å². The molecule has 0 saturated carbocycles. The quantitative estimate of drug-likeness (QED) is 0.493. The molecule has 0 aliphatic carbocycles. The van der Waals surface area contributed by atoms with Crippen LogP contribution in [0.5, 0.6) is 0 Å². The Labute approximate surface area is 178 Å². The van der Waals surface area contributed by atoms with Crippen molar-refractivity contribution < 1.29 is 17.6 Å². The van der Waals surface area contributed by atoms with Crippen molar-refractivity contribution in [3.05, 3.63) is 76.8 Å². The number of hydrogen-bond acceptors (Lipinski definition) is 5. The molecule has 1 aliphatic rings. The average molecular weight is 436 g/mol. The summed E-state index contributed by atoms with van der Waals surface area (Å²) in [6.45, 7) is 0.484. The summed E-state index contributed by atoms with van der Waals surface area (Å²) < 4.78 is 32.7. The first-order valence-corrected chi connectivity index (χ1v) is 11.5. The van der Waals surface area contributed by atoms with Crippen LogP contribution >= 0.6 is 0 Å². The summed E-state index contributed by atoms with van der Waals surface area (Å²) >= 11 is 0. The number of nitrogens with one attached hydrogen (secondary N) is 1. The smallest absolute Gasteiger partial charge is 0.408 e. The molecule has 0 bridgehead atoms. The van der Waals surface area contributed by atoms with Gasteiger partial charge in [-0.25, -0.2) is 13.2 Å². The van der Waals surface area contributed by atoms with E-state index < -0.39 is 21.7 Å². The van der Waals surface area contributed by atoms with E-state index in [0.29, 0.717) is 36.0 Å². The second kappa shape index (κ2) is 7.47. The molecule has 8 heteroatoms. The molecule has 1 atom stereocenters. The highest BCUT2D eigenvalue weighted by Gasteiger charge is 2.34. The van der Waals surface area contributed by atoms with Crippen LogP contribution < -0.4 is 5.76 Å². The minimum absolute atomic E-state index is 0.0414. The van der Waals surface area contributed by atoms with Gasteiger partial charge in [0.25, 0.3) is 0 Å². The van der Waals surface area contributed by atoms with Crippen LogP contribution in [0.1, 0.15) is 23.2 Å². The lowest BCUT2D eigenvalue weighted by atomic mass is 9.90. The molecule has 0 radical (unpaired) electrons. The van der Waals surface area contributed by atoms with Crippen molar-refractivity contribution in [3.8, 4) is 0 Å². The van der Waals surface area contributed by atoms with E-state index in [1.54, 1.807) is 6.07 Å². The first-order valence-electron chi connectivity index (χ1n) is 10.1. The summed E-state index contributed by atoms with van der Waals surface area (Å²) in [6.07, 6.45) is 1.25. The molecule has 0 amide bonds. The summed E-state index contributed by atoms with van der Waals surface area (Å²) in [5.74, 6) is -1.08. The number of fused-ring (bicyclic) bond motifs is 2. The zero-order valence-electron chi connectivity index (χ0n) is 16.6. The minimum atomic E-state index is -3.81. The number of sulfonamides is 1. The number of Topliss-reactive ketones (excluding diaryl/α,β-unsaturated/α-hetero) is 1. The number of rotatable bonds is 4. The normalized spacial score (nSPS) is 17.9. The third kappa shape index (κ3) is 3.58. The van der Waals surface area contributed by atoms with Gasteiger partial charge in [0.2, 0.25) is 10.0 Å². The lowest BCUT2D eigenvalue weighted by Gasteiger charge is -2.31. The van der Waals surface area contributed by atoms with Crippen molar-refractivity contribution in [2.75, 3.05) is 13.1 Å². The largest absolute Gasteiger partial charge is 0.417 e. The molecule has 0 unspecified atom stereocenters. The van der Waals surface area contributed by atoms with Crippen LogP contribution in [0.4, 0.5) is 0 Å². The summed E-state index contributed by atoms with van der Waals surface area (Å²) in [4.78, 5) is 27.1. The number of oxazole rings is 1. The first-order chi connectivity index (χ1) is 14.9. The van der Waals surface area contributed by atoms with Crippen molar-refractivity contribution >= 4 is 37.7 Å². The summed E-state index contributed by atoms with van der Waals surface area (Å²) in [6, 6.07) is 17.7. The van der Waals surface area contributed by atoms with Crippen molar-refractivity contribution in [3.63, 3.8) is 0 Å². The van der Waals surface area contributed by atoms with Gasteiger partial charge in [-0.05, 0) is 47.9 Å². The van der Waals surface area contributed by atoms with E-state index in [0.717, 1.165) is 10.8 Å². The summed E-state index contributed by atoms with van der Waals surface area (Å²) in [5.41, 5.74) is 1.22. The van der Waals surface area contributed by atoms with Gasteiger partial charge < -0.3 is 4.42 Å². The van der Waals surface area contributed by atoms with E-state index in [-0.39, 0.29) is 17.2 Å². The second-order valence-corrected chi connectivity index (χ2v) is 9.74. The maximum atomic E-state index is 13.2. The van der Waals surface area contributed by atoms with E-state index in [1.165, 1.54) is 22.5 Å². The van der Waals surface area contributed by atoms with Crippen molar-refractivity contribution in [2.45, 2.75) is 17.7 Å². The Morgan fingerprint density at radius 2 is 1.84 bits per heavy atom. The highest BCUT2D eigenvalue weighted by molar-refractivity contribution is 7.89. The fourth-order valence-electron chi connectivity index (χ4n) is 4.19. The van der Waals surface area contributed by atoms with Crippen molar-refractivity contribution in [2.24, 2.45) is 5.92 Å². The molecule has 1 N–H and O–H groups in total. The Morgan fingerprint density at radius 1 is 1.03 bits per heavy atom. The summed E-state index contributed by atoms with van der Waals surface area (Å²) in [5, 5.41) is 2.04. The number of ketones is 1. The number of H-pyrrole nitrogens is 1. The number of carbonyl (C=O) groups is 1. The molecule has 7 nitrogen and oxygen atoms in total. The number of benzene rings is 3. The van der Waals surface area contributed by atoms with Gasteiger partial charge in [0, 0.05) is 24.6 Å². The highest BCUT2D eigenvalue weighted by atomic mass is 32.2. The Kier molecular flexibility index (Phi) is 4.75. The molecular formula is C23H20N2O5S. The van der Waals surface area contributed by atoms with E-state index >= 15 is 0 Å². The van der Waals surface area contributed by atoms with Crippen LogP contribution in [0.25, 0.3) is 21.9 Å². The Bertz CT molecular complexity index is 1470. The van der Waals surface area contributed by atoms with Crippen molar-refractivity contribution in [1.82, 2.24) is 9.29 Å². The Balaban J connectivity index is 1.41. The monoisotopic (exact) mass is 436 g/mol. The predicted molar refractivity (Wildman–Crippen MR) is 117 cm³/mol. The Hall–Kier alpha value is -3.23. The molecule has 158 valence electrons. The van der Waals surface area contributed by atoms with Gasteiger partial charge >= 0.3 is 5.76 Å².